The van der Waals surface area contributed by atoms with Crippen LogP contribution in [-0.4, -0.2) is 5.97 Å². The van der Waals surface area contributed by atoms with Crippen molar-refractivity contribution in [2.45, 2.75) is 33.1 Å². The number of benzene rings is 2. The molecule has 2 aromatic carbocycles. The highest BCUT2D eigenvalue weighted by atomic mass is 16.5. The van der Waals surface area contributed by atoms with Gasteiger partial charge in [0.15, 0.2) is 0 Å². The van der Waals surface area contributed by atoms with Gasteiger partial charge in [-0.2, -0.15) is 0 Å². The molecule has 0 aliphatic carbocycles. The van der Waals surface area contributed by atoms with Crippen LogP contribution in [0.25, 0.3) is 0 Å². The zero-order valence-corrected chi connectivity index (χ0v) is 13.4. The monoisotopic (exact) mass is 294 g/mol. The second-order valence-corrected chi connectivity index (χ2v) is 7.09. The molecule has 0 amide bonds. The molecule has 22 heavy (non-hydrogen) atoms. The number of carbonyl (C=O) groups is 1. The smallest absolute Gasteiger partial charge is 0.315 e. The van der Waals surface area contributed by atoms with Crippen molar-refractivity contribution in [3.05, 3.63) is 65.7 Å². The summed E-state index contributed by atoms with van der Waals surface area (Å²) in [6, 6.07) is 18.2. The Balaban J connectivity index is 2.11. The Morgan fingerprint density at radius 2 is 1.59 bits per heavy atom. The van der Waals surface area contributed by atoms with Gasteiger partial charge in [-0.3, -0.25) is 4.79 Å². The van der Waals surface area contributed by atoms with E-state index in [0.717, 1.165) is 12.0 Å². The molecule has 2 nitrogen and oxygen atoms in total. The van der Waals surface area contributed by atoms with E-state index in [-0.39, 0.29) is 23.2 Å². The summed E-state index contributed by atoms with van der Waals surface area (Å²) in [6.45, 7) is 6.35. The standard InChI is InChI=1S/C20H22O2/c1-20(2,3)18-16(14-9-5-4-6-10-14)13-15-11-7-8-12-17(15)22-19(18)21/h4-12,16,18H,13H2,1-3H3. The van der Waals surface area contributed by atoms with Crippen LogP contribution in [0.3, 0.4) is 0 Å². The highest BCUT2D eigenvalue weighted by molar-refractivity contribution is 5.78. The second kappa shape index (κ2) is 5.60. The van der Waals surface area contributed by atoms with E-state index < -0.39 is 0 Å². The van der Waals surface area contributed by atoms with Gasteiger partial charge in [-0.25, -0.2) is 0 Å². The van der Waals surface area contributed by atoms with Gasteiger partial charge in [0.25, 0.3) is 0 Å². The first-order valence-electron chi connectivity index (χ1n) is 7.81. The summed E-state index contributed by atoms with van der Waals surface area (Å²) in [6.07, 6.45) is 0.827. The van der Waals surface area contributed by atoms with Crippen LogP contribution in [0.15, 0.2) is 54.6 Å². The maximum atomic E-state index is 12.8. The summed E-state index contributed by atoms with van der Waals surface area (Å²) < 4.78 is 5.71. The Labute approximate surface area is 132 Å². The maximum absolute atomic E-state index is 12.8. The number of esters is 1. The van der Waals surface area contributed by atoms with Crippen LogP contribution in [0.2, 0.25) is 0 Å². The van der Waals surface area contributed by atoms with Crippen molar-refractivity contribution in [3.8, 4) is 5.75 Å². The number of hydrogen-bond acceptors (Lipinski definition) is 2. The molecule has 0 N–H and O–H groups in total. The molecule has 1 aliphatic heterocycles. The lowest BCUT2D eigenvalue weighted by molar-refractivity contribution is -0.143. The Kier molecular flexibility index (Phi) is 3.78. The molecule has 2 unspecified atom stereocenters. The molecule has 0 fully saturated rings. The molecule has 2 atom stereocenters. The minimum Gasteiger partial charge on any atom is -0.426 e. The van der Waals surface area contributed by atoms with Crippen LogP contribution in [0, 0.1) is 11.3 Å². The third kappa shape index (κ3) is 2.78. The fraction of sp³-hybridized carbons (Fsp3) is 0.350. The van der Waals surface area contributed by atoms with E-state index in [9.17, 15) is 4.79 Å². The van der Waals surface area contributed by atoms with Crippen molar-refractivity contribution >= 4 is 5.97 Å². The van der Waals surface area contributed by atoms with E-state index in [0.29, 0.717) is 5.75 Å². The predicted octanol–water partition coefficient (Wildman–Crippen LogP) is 4.59. The van der Waals surface area contributed by atoms with Crippen LogP contribution < -0.4 is 4.74 Å². The number of rotatable bonds is 1. The molecular weight excluding hydrogens is 272 g/mol. The minimum absolute atomic E-state index is 0.119. The number of ether oxygens (including phenoxy) is 1. The van der Waals surface area contributed by atoms with Crippen LogP contribution in [0.4, 0.5) is 0 Å². The fourth-order valence-corrected chi connectivity index (χ4v) is 3.43. The quantitative estimate of drug-likeness (QED) is 0.568. The fourth-order valence-electron chi connectivity index (χ4n) is 3.43. The van der Waals surface area contributed by atoms with Gasteiger partial charge in [-0.15, -0.1) is 0 Å². The average molecular weight is 294 g/mol. The zero-order valence-electron chi connectivity index (χ0n) is 13.4. The van der Waals surface area contributed by atoms with E-state index in [4.69, 9.17) is 4.74 Å². The number of hydrogen-bond donors (Lipinski definition) is 0. The van der Waals surface area contributed by atoms with Crippen LogP contribution in [0.5, 0.6) is 5.75 Å². The van der Waals surface area contributed by atoms with Gasteiger partial charge in [0, 0.05) is 5.92 Å². The Morgan fingerprint density at radius 3 is 2.27 bits per heavy atom. The third-order valence-corrected chi connectivity index (χ3v) is 4.44. The molecule has 0 saturated heterocycles. The van der Waals surface area contributed by atoms with E-state index in [1.165, 1.54) is 5.56 Å². The van der Waals surface area contributed by atoms with E-state index >= 15 is 0 Å². The van der Waals surface area contributed by atoms with Crippen molar-refractivity contribution in [1.29, 1.82) is 0 Å². The molecule has 0 aromatic heterocycles. The van der Waals surface area contributed by atoms with Crippen molar-refractivity contribution in [2.75, 3.05) is 0 Å². The molecule has 0 bridgehead atoms. The average Bonchev–Trinajstić information content (AvgIpc) is 2.63. The van der Waals surface area contributed by atoms with Gasteiger partial charge in [-0.05, 0) is 29.0 Å². The molecular formula is C20H22O2. The first-order chi connectivity index (χ1) is 10.5. The normalized spacial score (nSPS) is 21.7. The molecule has 2 heteroatoms. The highest BCUT2D eigenvalue weighted by Gasteiger charge is 2.42. The lowest BCUT2D eigenvalue weighted by atomic mass is 9.69. The molecule has 2 aromatic rings. The second-order valence-electron chi connectivity index (χ2n) is 7.09. The van der Waals surface area contributed by atoms with Gasteiger partial charge in [-0.1, -0.05) is 69.3 Å². The molecule has 3 rings (SSSR count). The highest BCUT2D eigenvalue weighted by Crippen LogP contribution is 2.44. The summed E-state index contributed by atoms with van der Waals surface area (Å²) in [5, 5.41) is 0. The molecule has 0 spiro atoms. The minimum atomic E-state index is -0.165. The summed E-state index contributed by atoms with van der Waals surface area (Å²) in [5.74, 6) is 0.561. The van der Waals surface area contributed by atoms with Crippen molar-refractivity contribution < 1.29 is 9.53 Å². The molecule has 1 heterocycles. The number of carbonyl (C=O) groups excluding carboxylic acids is 1. The summed E-state index contributed by atoms with van der Waals surface area (Å²) in [7, 11) is 0. The first kappa shape index (κ1) is 14.8. The summed E-state index contributed by atoms with van der Waals surface area (Å²) >= 11 is 0. The van der Waals surface area contributed by atoms with Gasteiger partial charge < -0.3 is 4.74 Å². The first-order valence-corrected chi connectivity index (χ1v) is 7.81. The van der Waals surface area contributed by atoms with Gasteiger partial charge in [0.1, 0.15) is 5.75 Å². The summed E-state index contributed by atoms with van der Waals surface area (Å²) in [5.41, 5.74) is 2.16. The molecule has 0 radical (unpaired) electrons. The van der Waals surface area contributed by atoms with E-state index in [1.807, 2.05) is 36.4 Å². The maximum Gasteiger partial charge on any atom is 0.315 e. The lowest BCUT2D eigenvalue weighted by Crippen LogP contribution is -2.36. The van der Waals surface area contributed by atoms with Crippen molar-refractivity contribution in [2.24, 2.45) is 11.3 Å². The largest absolute Gasteiger partial charge is 0.426 e. The van der Waals surface area contributed by atoms with Crippen LogP contribution in [0.1, 0.15) is 37.8 Å². The third-order valence-electron chi connectivity index (χ3n) is 4.44. The lowest BCUT2D eigenvalue weighted by Gasteiger charge is -2.33. The van der Waals surface area contributed by atoms with Gasteiger partial charge in [0.2, 0.25) is 0 Å². The van der Waals surface area contributed by atoms with Crippen LogP contribution >= 0.6 is 0 Å². The summed E-state index contributed by atoms with van der Waals surface area (Å²) in [4.78, 5) is 12.8. The topological polar surface area (TPSA) is 26.3 Å². The van der Waals surface area contributed by atoms with E-state index in [2.05, 4.69) is 39.0 Å². The number of para-hydroxylation sites is 1. The Bertz CT molecular complexity index is 668. The van der Waals surface area contributed by atoms with Crippen LogP contribution in [-0.2, 0) is 11.2 Å². The number of fused-ring (bicyclic) bond motifs is 1. The van der Waals surface area contributed by atoms with Crippen molar-refractivity contribution in [3.63, 3.8) is 0 Å². The SMILES string of the molecule is CC(C)(C)C1C(=O)Oc2ccccc2CC1c1ccccc1. The van der Waals surface area contributed by atoms with Gasteiger partial charge in [0.05, 0.1) is 5.92 Å². The van der Waals surface area contributed by atoms with Gasteiger partial charge >= 0.3 is 5.97 Å². The molecule has 114 valence electrons. The Morgan fingerprint density at radius 1 is 0.955 bits per heavy atom. The zero-order chi connectivity index (χ0) is 15.7. The van der Waals surface area contributed by atoms with E-state index in [1.54, 1.807) is 0 Å². The predicted molar refractivity (Wildman–Crippen MR) is 87.9 cm³/mol. The van der Waals surface area contributed by atoms with Crippen molar-refractivity contribution in [1.82, 2.24) is 0 Å². The Hall–Kier alpha value is -2.09. The molecule has 1 aliphatic rings. The molecule has 0 saturated carbocycles.